The van der Waals surface area contributed by atoms with Crippen LogP contribution in [0, 0.1) is 0 Å². The molecule has 0 aliphatic carbocycles. The number of rotatable bonds is 4. The highest BCUT2D eigenvalue weighted by atomic mass is 32.2. The van der Waals surface area contributed by atoms with Gasteiger partial charge >= 0.3 is 0 Å². The number of likely N-dealkylation sites (N-methyl/N-ethyl adjacent to an activating group) is 1. The Kier molecular flexibility index (Phi) is 4.05. The Balaban J connectivity index is 1.86. The normalized spacial score (nSPS) is 20.4. The first-order chi connectivity index (χ1) is 10.5. The molecule has 2 aromatic heterocycles. The molecule has 2 aromatic rings. The zero-order valence-electron chi connectivity index (χ0n) is 12.9. The van der Waals surface area contributed by atoms with Crippen molar-refractivity contribution in [1.82, 2.24) is 19.3 Å². The van der Waals surface area contributed by atoms with Gasteiger partial charge in [0, 0.05) is 32.4 Å². The van der Waals surface area contributed by atoms with E-state index in [4.69, 9.17) is 0 Å². The summed E-state index contributed by atoms with van der Waals surface area (Å²) in [4.78, 5) is 13.7. The van der Waals surface area contributed by atoms with Gasteiger partial charge in [-0.2, -0.15) is 4.31 Å². The molecule has 1 fully saturated rings. The van der Waals surface area contributed by atoms with Crippen LogP contribution >= 0.6 is 0 Å². The van der Waals surface area contributed by atoms with Gasteiger partial charge in [-0.1, -0.05) is 0 Å². The van der Waals surface area contributed by atoms with E-state index in [0.717, 1.165) is 29.7 Å². The maximum atomic E-state index is 12.1. The third-order valence-corrected chi connectivity index (χ3v) is 6.18. The van der Waals surface area contributed by atoms with Crippen molar-refractivity contribution < 1.29 is 8.42 Å². The van der Waals surface area contributed by atoms with Crippen molar-refractivity contribution in [2.45, 2.75) is 25.8 Å². The Morgan fingerprint density at radius 3 is 3.05 bits per heavy atom. The Morgan fingerprint density at radius 1 is 1.45 bits per heavy atom. The third-order valence-electron chi connectivity index (χ3n) is 4.33. The molecule has 0 saturated carbocycles. The third kappa shape index (κ3) is 2.68. The number of hydrogen-bond donors (Lipinski definition) is 1. The van der Waals surface area contributed by atoms with Gasteiger partial charge < -0.3 is 9.88 Å². The number of anilines is 1. The van der Waals surface area contributed by atoms with Crippen LogP contribution < -0.4 is 4.90 Å². The molecular weight excluding hydrogens is 302 g/mol. The minimum absolute atomic E-state index is 0.128. The number of aromatic nitrogens is 3. The first-order valence-electron chi connectivity index (χ1n) is 7.51. The fourth-order valence-corrected chi connectivity index (χ4v) is 4.16. The molecule has 22 heavy (non-hydrogen) atoms. The summed E-state index contributed by atoms with van der Waals surface area (Å²) in [5.74, 6) is 0.992. The van der Waals surface area contributed by atoms with E-state index in [1.165, 1.54) is 6.33 Å². The van der Waals surface area contributed by atoms with Gasteiger partial charge in [-0.15, -0.1) is 0 Å². The summed E-state index contributed by atoms with van der Waals surface area (Å²) in [6.45, 7) is 2.82. The molecule has 0 aromatic carbocycles. The molecule has 0 amide bonds. The van der Waals surface area contributed by atoms with Crippen LogP contribution in [0.15, 0.2) is 18.6 Å². The first kappa shape index (κ1) is 15.2. The molecule has 1 saturated heterocycles. The molecule has 3 heterocycles. The van der Waals surface area contributed by atoms with Gasteiger partial charge in [0.2, 0.25) is 10.0 Å². The van der Waals surface area contributed by atoms with Crippen molar-refractivity contribution in [3.8, 4) is 0 Å². The van der Waals surface area contributed by atoms with Gasteiger partial charge in [-0.05, 0) is 25.8 Å². The summed E-state index contributed by atoms with van der Waals surface area (Å²) in [5.41, 5.74) is 0.797. The van der Waals surface area contributed by atoms with Crippen molar-refractivity contribution in [3.63, 3.8) is 0 Å². The fourth-order valence-electron chi connectivity index (χ4n) is 2.98. The van der Waals surface area contributed by atoms with Crippen LogP contribution in [-0.4, -0.2) is 59.6 Å². The zero-order valence-corrected chi connectivity index (χ0v) is 13.7. The van der Waals surface area contributed by atoms with Crippen LogP contribution in [0.4, 0.5) is 5.82 Å². The second-order valence-electron chi connectivity index (χ2n) is 5.60. The highest BCUT2D eigenvalue weighted by Gasteiger charge is 2.30. The molecule has 120 valence electrons. The molecule has 1 aliphatic heterocycles. The monoisotopic (exact) mass is 323 g/mol. The van der Waals surface area contributed by atoms with Crippen molar-refractivity contribution >= 4 is 26.9 Å². The summed E-state index contributed by atoms with van der Waals surface area (Å²) in [6, 6.07) is 2.08. The Labute approximate surface area is 130 Å². The largest absolute Gasteiger partial charge is 0.355 e. The number of sulfonamides is 1. The van der Waals surface area contributed by atoms with E-state index < -0.39 is 10.0 Å². The van der Waals surface area contributed by atoms with Crippen LogP contribution in [0.25, 0.3) is 11.0 Å². The minimum Gasteiger partial charge on any atom is -0.355 e. The molecule has 8 heteroatoms. The zero-order chi connectivity index (χ0) is 15.7. The molecule has 1 N–H and O–H groups in total. The summed E-state index contributed by atoms with van der Waals surface area (Å²) in [7, 11) is -1.16. The van der Waals surface area contributed by atoms with E-state index in [1.54, 1.807) is 11.2 Å². The number of nitrogens with one attached hydrogen (secondary N) is 1. The Morgan fingerprint density at radius 2 is 2.27 bits per heavy atom. The van der Waals surface area contributed by atoms with Crippen molar-refractivity contribution in [2.75, 3.05) is 30.8 Å². The second-order valence-corrected chi connectivity index (χ2v) is 7.86. The predicted octanol–water partition coefficient (Wildman–Crippen LogP) is 1.21. The summed E-state index contributed by atoms with van der Waals surface area (Å²) < 4.78 is 25.8. The first-order valence-corrected chi connectivity index (χ1v) is 9.12. The van der Waals surface area contributed by atoms with Crippen LogP contribution in [0.1, 0.15) is 19.8 Å². The molecule has 3 rings (SSSR count). The maximum Gasteiger partial charge on any atom is 0.213 e. The van der Waals surface area contributed by atoms with Gasteiger partial charge in [-0.3, -0.25) is 0 Å². The quantitative estimate of drug-likeness (QED) is 0.914. The molecule has 0 unspecified atom stereocenters. The SMILES string of the molecule is CCS(=O)(=O)N1CCC[C@@H](N(C)c2ncnc3[nH]ccc23)C1. The molecule has 0 bridgehead atoms. The molecule has 0 spiro atoms. The van der Waals surface area contributed by atoms with E-state index in [1.807, 2.05) is 19.3 Å². The minimum atomic E-state index is -3.13. The van der Waals surface area contributed by atoms with Gasteiger partial charge in [0.15, 0.2) is 0 Å². The van der Waals surface area contributed by atoms with Crippen LogP contribution in [0.2, 0.25) is 0 Å². The van der Waals surface area contributed by atoms with Crippen molar-refractivity contribution in [1.29, 1.82) is 0 Å². The van der Waals surface area contributed by atoms with Gasteiger partial charge in [0.1, 0.15) is 17.8 Å². The average molecular weight is 323 g/mol. The van der Waals surface area contributed by atoms with Crippen LogP contribution in [-0.2, 0) is 10.0 Å². The van der Waals surface area contributed by atoms with Gasteiger partial charge in [-0.25, -0.2) is 18.4 Å². The van der Waals surface area contributed by atoms with E-state index in [-0.39, 0.29) is 11.8 Å². The molecule has 7 nitrogen and oxygen atoms in total. The fraction of sp³-hybridized carbons (Fsp3) is 0.571. The maximum absolute atomic E-state index is 12.1. The number of H-pyrrole nitrogens is 1. The lowest BCUT2D eigenvalue weighted by molar-refractivity contribution is 0.310. The lowest BCUT2D eigenvalue weighted by atomic mass is 10.1. The molecule has 0 radical (unpaired) electrons. The molecule has 1 aliphatic rings. The van der Waals surface area contributed by atoms with Crippen LogP contribution in [0.5, 0.6) is 0 Å². The molecular formula is C14H21N5O2S. The van der Waals surface area contributed by atoms with Gasteiger partial charge in [0.05, 0.1) is 11.1 Å². The van der Waals surface area contributed by atoms with E-state index >= 15 is 0 Å². The lowest BCUT2D eigenvalue weighted by Crippen LogP contribution is -2.49. The predicted molar refractivity (Wildman–Crippen MR) is 86.3 cm³/mol. The van der Waals surface area contributed by atoms with E-state index in [9.17, 15) is 8.42 Å². The summed E-state index contributed by atoms with van der Waals surface area (Å²) in [6.07, 6.45) is 5.21. The Bertz CT molecular complexity index is 757. The summed E-state index contributed by atoms with van der Waals surface area (Å²) >= 11 is 0. The standard InChI is InChI=1S/C14H21N5O2S/c1-3-22(20,21)19-8-4-5-11(9-19)18(2)14-12-6-7-15-13(12)16-10-17-14/h6-7,10-11H,3-5,8-9H2,1-2H3,(H,15,16,17)/t11-/m1/s1. The highest BCUT2D eigenvalue weighted by molar-refractivity contribution is 7.89. The van der Waals surface area contributed by atoms with Gasteiger partial charge in [0.25, 0.3) is 0 Å². The van der Waals surface area contributed by atoms with Crippen LogP contribution in [0.3, 0.4) is 0 Å². The number of piperidine rings is 1. The van der Waals surface area contributed by atoms with Crippen molar-refractivity contribution in [3.05, 3.63) is 18.6 Å². The molecule has 1 atom stereocenters. The van der Waals surface area contributed by atoms with E-state index in [0.29, 0.717) is 13.1 Å². The smallest absolute Gasteiger partial charge is 0.213 e. The number of aromatic amines is 1. The number of hydrogen-bond acceptors (Lipinski definition) is 5. The number of fused-ring (bicyclic) bond motifs is 1. The Hall–Kier alpha value is -1.67. The van der Waals surface area contributed by atoms with Crippen molar-refractivity contribution in [2.24, 2.45) is 0 Å². The summed E-state index contributed by atoms with van der Waals surface area (Å²) in [5, 5.41) is 0.959. The number of nitrogens with zero attached hydrogens (tertiary/aromatic N) is 4. The average Bonchev–Trinajstić information content (AvgIpc) is 3.03. The lowest BCUT2D eigenvalue weighted by Gasteiger charge is -2.37. The topological polar surface area (TPSA) is 82.2 Å². The highest BCUT2D eigenvalue weighted by Crippen LogP contribution is 2.26. The second kappa shape index (κ2) is 5.85. The van der Waals surface area contributed by atoms with E-state index in [2.05, 4.69) is 19.9 Å².